The van der Waals surface area contributed by atoms with E-state index in [1.165, 1.54) is 4.90 Å². The monoisotopic (exact) mass is 281 g/mol. The molecule has 4 heteroatoms. The first-order valence-corrected chi connectivity index (χ1v) is 7.69. The van der Waals surface area contributed by atoms with E-state index >= 15 is 0 Å². The van der Waals surface area contributed by atoms with Gasteiger partial charge in [-0.3, -0.25) is 0 Å². The van der Waals surface area contributed by atoms with Gasteiger partial charge in [0.15, 0.2) is 0 Å². The Bertz CT molecular complexity index is 422. The molecule has 0 radical (unpaired) electrons. The lowest BCUT2D eigenvalue weighted by atomic mass is 9.97. The molecular weight excluding hydrogens is 258 g/mol. The van der Waals surface area contributed by atoms with Crippen molar-refractivity contribution in [2.24, 2.45) is 5.73 Å². The van der Waals surface area contributed by atoms with Gasteiger partial charge >= 0.3 is 0 Å². The topological polar surface area (TPSA) is 44.5 Å². The second-order valence-corrected chi connectivity index (χ2v) is 6.64. The number of methoxy groups -OCH3 is 1. The molecule has 1 aliphatic rings. The van der Waals surface area contributed by atoms with Gasteiger partial charge in [0.25, 0.3) is 0 Å². The van der Waals surface area contributed by atoms with Crippen LogP contribution in [0.25, 0.3) is 0 Å². The molecule has 0 saturated carbocycles. The van der Waals surface area contributed by atoms with Crippen LogP contribution in [0, 0.1) is 0 Å². The molecule has 1 aliphatic heterocycles. The first kappa shape index (κ1) is 14.7. The minimum atomic E-state index is -0.114. The van der Waals surface area contributed by atoms with E-state index < -0.39 is 0 Å². The quantitative estimate of drug-likeness (QED) is 0.901. The highest BCUT2D eigenvalue weighted by atomic mass is 32.2. The number of ether oxygens (including phenoxy) is 2. The van der Waals surface area contributed by atoms with Crippen LogP contribution in [0.15, 0.2) is 29.2 Å². The fourth-order valence-electron chi connectivity index (χ4n) is 2.05. The number of benzene rings is 1. The Hall–Kier alpha value is -0.710. The number of thioether (sulfide) groups is 1. The minimum absolute atomic E-state index is 0.0512. The van der Waals surface area contributed by atoms with Gasteiger partial charge < -0.3 is 15.2 Å². The fraction of sp³-hybridized carbons (Fsp3) is 0.600. The Labute approximate surface area is 119 Å². The summed E-state index contributed by atoms with van der Waals surface area (Å²) in [7, 11) is 1.74. The van der Waals surface area contributed by atoms with E-state index in [9.17, 15) is 0 Å². The molecule has 1 aromatic rings. The van der Waals surface area contributed by atoms with Crippen LogP contribution < -0.4 is 10.5 Å². The Kier molecular flexibility index (Phi) is 4.76. The molecule has 2 N–H and O–H groups in total. The summed E-state index contributed by atoms with van der Waals surface area (Å²) in [6.45, 7) is 4.18. The van der Waals surface area contributed by atoms with Crippen LogP contribution >= 0.6 is 11.8 Å². The van der Waals surface area contributed by atoms with Gasteiger partial charge in [-0.2, -0.15) is 0 Å². The maximum absolute atomic E-state index is 6.27. The van der Waals surface area contributed by atoms with E-state index in [4.69, 9.17) is 15.2 Å². The van der Waals surface area contributed by atoms with Crippen LogP contribution in [0.3, 0.4) is 0 Å². The molecule has 0 aromatic heterocycles. The lowest BCUT2D eigenvalue weighted by molar-refractivity contribution is 0.00978. The fourth-order valence-corrected chi connectivity index (χ4v) is 3.14. The highest BCUT2D eigenvalue weighted by Crippen LogP contribution is 2.36. The Morgan fingerprint density at radius 1 is 1.47 bits per heavy atom. The summed E-state index contributed by atoms with van der Waals surface area (Å²) < 4.78 is 11.4. The van der Waals surface area contributed by atoms with Crippen LogP contribution in [-0.4, -0.2) is 30.6 Å². The highest BCUT2D eigenvalue weighted by molar-refractivity contribution is 7.99. The van der Waals surface area contributed by atoms with E-state index in [1.807, 2.05) is 30.0 Å². The molecule has 1 heterocycles. The summed E-state index contributed by atoms with van der Waals surface area (Å²) in [5.41, 5.74) is 6.16. The molecule has 2 atom stereocenters. The van der Waals surface area contributed by atoms with Gasteiger partial charge in [0, 0.05) is 23.8 Å². The van der Waals surface area contributed by atoms with E-state index in [0.717, 1.165) is 24.3 Å². The normalized spacial score (nSPS) is 20.5. The third-order valence-corrected chi connectivity index (χ3v) is 4.78. The van der Waals surface area contributed by atoms with E-state index in [1.54, 1.807) is 7.11 Å². The zero-order valence-electron chi connectivity index (χ0n) is 11.9. The first-order chi connectivity index (χ1) is 9.02. The third-order valence-electron chi connectivity index (χ3n) is 3.64. The second kappa shape index (κ2) is 6.16. The van der Waals surface area contributed by atoms with E-state index in [0.29, 0.717) is 0 Å². The summed E-state index contributed by atoms with van der Waals surface area (Å²) in [5, 5.41) is 0. The number of rotatable bonds is 5. The van der Waals surface area contributed by atoms with Crippen molar-refractivity contribution >= 4 is 11.8 Å². The third kappa shape index (κ3) is 3.88. The van der Waals surface area contributed by atoms with Crippen molar-refractivity contribution in [3.8, 4) is 5.75 Å². The molecule has 3 nitrogen and oxygen atoms in total. The van der Waals surface area contributed by atoms with Gasteiger partial charge in [0.1, 0.15) is 11.9 Å². The van der Waals surface area contributed by atoms with Crippen molar-refractivity contribution in [3.63, 3.8) is 0 Å². The van der Waals surface area contributed by atoms with Crippen LogP contribution in [0.5, 0.6) is 5.75 Å². The smallest absolute Gasteiger partial charge is 0.133 e. The van der Waals surface area contributed by atoms with Gasteiger partial charge in [-0.1, -0.05) is 12.1 Å². The average molecular weight is 281 g/mol. The van der Waals surface area contributed by atoms with Crippen molar-refractivity contribution in [2.45, 2.75) is 49.3 Å². The van der Waals surface area contributed by atoms with E-state index in [-0.39, 0.29) is 17.7 Å². The standard InChI is InChI=1S/C15H23NO2S/c1-15(2,17-3)9-8-11(16)13-10-19-14-7-5-4-6-12(14)18-13/h4-7,11,13H,8-10,16H2,1-3H3. The van der Waals surface area contributed by atoms with Gasteiger partial charge in [-0.25, -0.2) is 0 Å². The maximum atomic E-state index is 6.27. The zero-order valence-corrected chi connectivity index (χ0v) is 12.7. The first-order valence-electron chi connectivity index (χ1n) is 6.71. The lowest BCUT2D eigenvalue weighted by Gasteiger charge is -2.31. The predicted molar refractivity (Wildman–Crippen MR) is 79.9 cm³/mol. The molecule has 0 aliphatic carbocycles. The molecule has 106 valence electrons. The molecule has 0 saturated heterocycles. The summed E-state index contributed by atoms with van der Waals surface area (Å²) in [6, 6.07) is 8.20. The van der Waals surface area contributed by atoms with Crippen molar-refractivity contribution < 1.29 is 9.47 Å². The molecule has 0 amide bonds. The Morgan fingerprint density at radius 3 is 2.95 bits per heavy atom. The van der Waals surface area contributed by atoms with Crippen molar-refractivity contribution in [3.05, 3.63) is 24.3 Å². The number of nitrogens with two attached hydrogens (primary N) is 1. The molecular formula is C15H23NO2S. The molecule has 0 fully saturated rings. The number of fused-ring (bicyclic) bond motifs is 1. The van der Waals surface area contributed by atoms with Gasteiger partial charge in [0.2, 0.25) is 0 Å². The Balaban J connectivity index is 1.90. The van der Waals surface area contributed by atoms with Crippen molar-refractivity contribution in [1.82, 2.24) is 0 Å². The summed E-state index contributed by atoms with van der Waals surface area (Å²) in [4.78, 5) is 1.21. The molecule has 0 spiro atoms. The maximum Gasteiger partial charge on any atom is 0.133 e. The summed E-state index contributed by atoms with van der Waals surface area (Å²) in [6.07, 6.45) is 1.94. The molecule has 0 bridgehead atoms. The second-order valence-electron chi connectivity index (χ2n) is 5.58. The van der Waals surface area contributed by atoms with Crippen LogP contribution in [-0.2, 0) is 4.74 Å². The highest BCUT2D eigenvalue weighted by Gasteiger charge is 2.27. The van der Waals surface area contributed by atoms with Crippen LogP contribution in [0.4, 0.5) is 0 Å². The van der Waals surface area contributed by atoms with Gasteiger partial charge in [-0.05, 0) is 38.8 Å². The van der Waals surface area contributed by atoms with Crippen LogP contribution in [0.1, 0.15) is 26.7 Å². The number of hydrogen-bond donors (Lipinski definition) is 1. The predicted octanol–water partition coefficient (Wildman–Crippen LogP) is 3.07. The zero-order chi connectivity index (χ0) is 13.9. The SMILES string of the molecule is COC(C)(C)CCC(N)C1CSc2ccccc2O1. The van der Waals surface area contributed by atoms with Gasteiger partial charge in [0.05, 0.1) is 5.60 Å². The minimum Gasteiger partial charge on any atom is -0.487 e. The van der Waals surface area contributed by atoms with Gasteiger partial charge in [-0.15, -0.1) is 11.8 Å². The molecule has 1 aromatic carbocycles. The van der Waals surface area contributed by atoms with Crippen molar-refractivity contribution in [2.75, 3.05) is 12.9 Å². The lowest BCUT2D eigenvalue weighted by Crippen LogP contribution is -2.43. The Morgan fingerprint density at radius 2 is 2.21 bits per heavy atom. The van der Waals surface area contributed by atoms with E-state index in [2.05, 4.69) is 19.9 Å². The summed E-state index contributed by atoms with van der Waals surface area (Å²) in [5.74, 6) is 1.89. The summed E-state index contributed by atoms with van der Waals surface area (Å²) >= 11 is 1.83. The van der Waals surface area contributed by atoms with Crippen LogP contribution in [0.2, 0.25) is 0 Å². The van der Waals surface area contributed by atoms with Crippen molar-refractivity contribution in [1.29, 1.82) is 0 Å². The number of hydrogen-bond acceptors (Lipinski definition) is 4. The number of para-hydroxylation sites is 1. The molecule has 19 heavy (non-hydrogen) atoms. The average Bonchev–Trinajstić information content (AvgIpc) is 2.44. The molecule has 2 unspecified atom stereocenters. The molecule has 2 rings (SSSR count). The largest absolute Gasteiger partial charge is 0.487 e.